The highest BCUT2D eigenvalue weighted by atomic mass is 79.9. The van der Waals surface area contributed by atoms with Gasteiger partial charge in [0.2, 0.25) is 0 Å². The van der Waals surface area contributed by atoms with Crippen LogP contribution in [0, 0.1) is 6.92 Å². The van der Waals surface area contributed by atoms with Gasteiger partial charge in [-0.15, -0.1) is 11.3 Å². The highest BCUT2D eigenvalue weighted by molar-refractivity contribution is 9.10. The summed E-state index contributed by atoms with van der Waals surface area (Å²) in [5.74, 6) is 0. The van der Waals surface area contributed by atoms with E-state index in [9.17, 15) is 0 Å². The standard InChI is InChI=1S/C13H16BrNS/c1-4-15-9(3)13-8(2)11-7-10(14)5-6-12(11)16-13/h5-7,9,15H,4H2,1-3H3. The largest absolute Gasteiger partial charge is 0.310 e. The van der Waals surface area contributed by atoms with Gasteiger partial charge in [-0.3, -0.25) is 0 Å². The van der Waals surface area contributed by atoms with E-state index < -0.39 is 0 Å². The van der Waals surface area contributed by atoms with Crippen molar-refractivity contribution in [2.24, 2.45) is 0 Å². The predicted octanol–water partition coefficient (Wildman–Crippen LogP) is 4.64. The van der Waals surface area contributed by atoms with Crippen molar-refractivity contribution in [3.63, 3.8) is 0 Å². The molecule has 86 valence electrons. The zero-order valence-electron chi connectivity index (χ0n) is 9.80. The van der Waals surface area contributed by atoms with Crippen LogP contribution in [-0.2, 0) is 0 Å². The average Bonchev–Trinajstić information content (AvgIpc) is 2.57. The maximum Gasteiger partial charge on any atom is 0.0389 e. The van der Waals surface area contributed by atoms with Crippen LogP contribution in [0.1, 0.15) is 30.3 Å². The molecule has 1 N–H and O–H groups in total. The molecule has 0 fully saturated rings. The summed E-state index contributed by atoms with van der Waals surface area (Å²) < 4.78 is 2.53. The first kappa shape index (κ1) is 12.1. The molecule has 1 unspecified atom stereocenters. The van der Waals surface area contributed by atoms with E-state index in [1.165, 1.54) is 20.5 Å². The molecule has 16 heavy (non-hydrogen) atoms. The minimum Gasteiger partial charge on any atom is -0.310 e. The Kier molecular flexibility index (Phi) is 3.67. The van der Waals surface area contributed by atoms with E-state index in [1.54, 1.807) is 0 Å². The second-order valence-electron chi connectivity index (χ2n) is 4.01. The Balaban J connectivity index is 2.51. The lowest BCUT2D eigenvalue weighted by atomic mass is 10.1. The van der Waals surface area contributed by atoms with Gasteiger partial charge in [-0.1, -0.05) is 22.9 Å². The Hall–Kier alpha value is -0.380. The molecular weight excluding hydrogens is 282 g/mol. The molecule has 1 heterocycles. The molecule has 0 aliphatic heterocycles. The second-order valence-corrected chi connectivity index (χ2v) is 6.01. The van der Waals surface area contributed by atoms with Gasteiger partial charge in [0, 0.05) is 20.1 Å². The van der Waals surface area contributed by atoms with Crippen molar-refractivity contribution in [1.82, 2.24) is 5.32 Å². The Morgan fingerprint density at radius 3 is 2.88 bits per heavy atom. The lowest BCUT2D eigenvalue weighted by Crippen LogP contribution is -2.17. The Bertz CT molecular complexity index is 504. The van der Waals surface area contributed by atoms with Crippen LogP contribution in [0.3, 0.4) is 0 Å². The number of fused-ring (bicyclic) bond motifs is 1. The zero-order valence-corrected chi connectivity index (χ0v) is 12.2. The SMILES string of the molecule is CCNC(C)c1sc2ccc(Br)cc2c1C. The number of hydrogen-bond acceptors (Lipinski definition) is 2. The first-order valence-electron chi connectivity index (χ1n) is 5.55. The molecule has 1 atom stereocenters. The number of thiophene rings is 1. The fraction of sp³-hybridized carbons (Fsp3) is 0.385. The molecule has 0 saturated heterocycles. The fourth-order valence-corrected chi connectivity index (χ4v) is 3.60. The maximum atomic E-state index is 3.53. The van der Waals surface area contributed by atoms with E-state index in [4.69, 9.17) is 0 Å². The first-order valence-corrected chi connectivity index (χ1v) is 7.16. The molecule has 1 nitrogen and oxygen atoms in total. The zero-order chi connectivity index (χ0) is 11.7. The summed E-state index contributed by atoms with van der Waals surface area (Å²) in [7, 11) is 0. The van der Waals surface area contributed by atoms with Gasteiger partial charge in [0.05, 0.1) is 0 Å². The van der Waals surface area contributed by atoms with Crippen LogP contribution in [0.15, 0.2) is 22.7 Å². The minimum absolute atomic E-state index is 0.446. The topological polar surface area (TPSA) is 12.0 Å². The third-order valence-corrected chi connectivity index (χ3v) is 4.79. The molecule has 0 amide bonds. The third-order valence-electron chi connectivity index (χ3n) is 2.84. The molecule has 2 aromatic rings. The van der Waals surface area contributed by atoms with E-state index in [2.05, 4.69) is 60.2 Å². The van der Waals surface area contributed by atoms with Crippen LogP contribution in [0.2, 0.25) is 0 Å². The summed E-state index contributed by atoms with van der Waals surface area (Å²) in [6, 6.07) is 6.96. The second kappa shape index (κ2) is 4.86. The van der Waals surface area contributed by atoms with Crippen molar-refractivity contribution in [2.45, 2.75) is 26.8 Å². The Labute approximate surface area is 109 Å². The van der Waals surface area contributed by atoms with Crippen LogP contribution in [0.4, 0.5) is 0 Å². The van der Waals surface area contributed by atoms with E-state index in [0.29, 0.717) is 6.04 Å². The monoisotopic (exact) mass is 297 g/mol. The molecule has 3 heteroatoms. The molecule has 1 aromatic heterocycles. The van der Waals surface area contributed by atoms with Crippen molar-refractivity contribution in [2.75, 3.05) is 6.54 Å². The minimum atomic E-state index is 0.446. The van der Waals surface area contributed by atoms with Gasteiger partial charge in [0.25, 0.3) is 0 Å². The molecule has 0 bridgehead atoms. The number of halogens is 1. The van der Waals surface area contributed by atoms with Gasteiger partial charge < -0.3 is 5.32 Å². The van der Waals surface area contributed by atoms with Gasteiger partial charge in [0.1, 0.15) is 0 Å². The van der Waals surface area contributed by atoms with Crippen molar-refractivity contribution in [1.29, 1.82) is 0 Å². The maximum absolute atomic E-state index is 3.53. The molecule has 0 spiro atoms. The van der Waals surface area contributed by atoms with Crippen LogP contribution in [0.25, 0.3) is 10.1 Å². The number of nitrogens with one attached hydrogen (secondary N) is 1. The van der Waals surface area contributed by atoms with Crippen LogP contribution in [0.5, 0.6) is 0 Å². The average molecular weight is 298 g/mol. The molecule has 0 aliphatic carbocycles. The van der Waals surface area contributed by atoms with Gasteiger partial charge in [0.15, 0.2) is 0 Å². The van der Waals surface area contributed by atoms with Gasteiger partial charge in [-0.2, -0.15) is 0 Å². The lowest BCUT2D eigenvalue weighted by molar-refractivity contribution is 0.605. The number of benzene rings is 1. The van der Waals surface area contributed by atoms with E-state index in [1.807, 2.05) is 11.3 Å². The van der Waals surface area contributed by atoms with E-state index in [0.717, 1.165) is 11.0 Å². The van der Waals surface area contributed by atoms with Crippen LogP contribution < -0.4 is 5.32 Å². The van der Waals surface area contributed by atoms with Crippen molar-refractivity contribution < 1.29 is 0 Å². The normalized spacial score (nSPS) is 13.2. The van der Waals surface area contributed by atoms with Crippen LogP contribution in [-0.4, -0.2) is 6.54 Å². The van der Waals surface area contributed by atoms with Gasteiger partial charge >= 0.3 is 0 Å². The molecule has 0 aliphatic rings. The van der Waals surface area contributed by atoms with E-state index >= 15 is 0 Å². The van der Waals surface area contributed by atoms with Crippen molar-refractivity contribution >= 4 is 37.4 Å². The lowest BCUT2D eigenvalue weighted by Gasteiger charge is -2.11. The van der Waals surface area contributed by atoms with Gasteiger partial charge in [-0.25, -0.2) is 0 Å². The third kappa shape index (κ3) is 2.17. The molecule has 2 rings (SSSR count). The van der Waals surface area contributed by atoms with Crippen molar-refractivity contribution in [3.8, 4) is 0 Å². The molecular formula is C13H16BrNS. The van der Waals surface area contributed by atoms with Gasteiger partial charge in [-0.05, 0) is 49.5 Å². The Morgan fingerprint density at radius 1 is 1.44 bits per heavy atom. The molecule has 1 aromatic carbocycles. The molecule has 0 radical (unpaired) electrons. The fourth-order valence-electron chi connectivity index (χ4n) is 2.02. The summed E-state index contributed by atoms with van der Waals surface area (Å²) in [5, 5.41) is 4.85. The summed E-state index contributed by atoms with van der Waals surface area (Å²) in [6.07, 6.45) is 0. The summed E-state index contributed by atoms with van der Waals surface area (Å²) in [4.78, 5) is 1.45. The number of rotatable bonds is 3. The molecule has 0 saturated carbocycles. The Morgan fingerprint density at radius 2 is 2.19 bits per heavy atom. The number of aryl methyl sites for hydroxylation is 1. The quantitative estimate of drug-likeness (QED) is 0.870. The summed E-state index contributed by atoms with van der Waals surface area (Å²) >= 11 is 5.43. The summed E-state index contributed by atoms with van der Waals surface area (Å²) in [5.41, 5.74) is 1.41. The smallest absolute Gasteiger partial charge is 0.0389 e. The summed E-state index contributed by atoms with van der Waals surface area (Å²) in [6.45, 7) is 7.61. The number of hydrogen-bond donors (Lipinski definition) is 1. The first-order chi connectivity index (χ1) is 7.63. The van der Waals surface area contributed by atoms with E-state index in [-0.39, 0.29) is 0 Å². The predicted molar refractivity (Wildman–Crippen MR) is 76.4 cm³/mol. The highest BCUT2D eigenvalue weighted by Gasteiger charge is 2.13. The highest BCUT2D eigenvalue weighted by Crippen LogP contribution is 2.35. The van der Waals surface area contributed by atoms with Crippen molar-refractivity contribution in [3.05, 3.63) is 33.1 Å². The van der Waals surface area contributed by atoms with Crippen LogP contribution >= 0.6 is 27.3 Å².